The minimum absolute atomic E-state index is 0.132. The lowest BCUT2D eigenvalue weighted by Crippen LogP contribution is -2.49. The first kappa shape index (κ1) is 16.8. The number of rotatable bonds is 4. The van der Waals surface area contributed by atoms with Crippen molar-refractivity contribution in [1.29, 1.82) is 0 Å². The molecule has 26 heavy (non-hydrogen) atoms. The fourth-order valence-corrected chi connectivity index (χ4v) is 3.65. The van der Waals surface area contributed by atoms with E-state index < -0.39 is 0 Å². The van der Waals surface area contributed by atoms with Crippen LogP contribution in [-0.2, 0) is 13.5 Å². The third-order valence-corrected chi connectivity index (χ3v) is 5.24. The molecule has 5 nitrogen and oxygen atoms in total. The monoisotopic (exact) mass is 348 g/mol. The number of piperazine rings is 1. The van der Waals surface area contributed by atoms with Crippen LogP contribution in [0.25, 0.3) is 10.9 Å². The Hall–Kier alpha value is -2.66. The van der Waals surface area contributed by atoms with Gasteiger partial charge in [0.2, 0.25) is 0 Å². The summed E-state index contributed by atoms with van der Waals surface area (Å²) in [5, 5.41) is 1.12. The first-order valence-corrected chi connectivity index (χ1v) is 9.18. The van der Waals surface area contributed by atoms with Gasteiger partial charge in [0.05, 0.1) is 0 Å². The fraction of sp³-hybridized carbons (Fsp3) is 0.333. The largest absolute Gasteiger partial charge is 0.340 e. The molecule has 0 spiro atoms. The molecule has 1 fully saturated rings. The van der Waals surface area contributed by atoms with Crippen LogP contribution in [0.2, 0.25) is 0 Å². The molecule has 0 aliphatic carbocycles. The van der Waals surface area contributed by atoms with Crippen molar-refractivity contribution in [2.24, 2.45) is 7.05 Å². The number of hydrogen-bond donors (Lipinski definition) is 0. The van der Waals surface area contributed by atoms with Gasteiger partial charge in [0, 0.05) is 69.0 Å². The molecule has 2 aromatic heterocycles. The molecule has 134 valence electrons. The second kappa shape index (κ2) is 7.30. The first-order valence-electron chi connectivity index (χ1n) is 9.18. The van der Waals surface area contributed by atoms with Crippen LogP contribution >= 0.6 is 0 Å². The van der Waals surface area contributed by atoms with Gasteiger partial charge in [0.1, 0.15) is 5.69 Å². The second-order valence-corrected chi connectivity index (χ2v) is 6.85. The highest BCUT2D eigenvalue weighted by Gasteiger charge is 2.24. The Labute approximate surface area is 153 Å². The van der Waals surface area contributed by atoms with Crippen molar-refractivity contribution in [1.82, 2.24) is 19.4 Å². The highest BCUT2D eigenvalue weighted by molar-refractivity contribution is 5.98. The van der Waals surface area contributed by atoms with E-state index in [9.17, 15) is 4.79 Å². The number of benzene rings is 1. The molecule has 1 amide bonds. The first-order chi connectivity index (χ1) is 12.7. The quantitative estimate of drug-likeness (QED) is 0.728. The molecule has 1 aromatic carbocycles. The van der Waals surface area contributed by atoms with Gasteiger partial charge in [-0.05, 0) is 24.3 Å². The molecule has 1 aliphatic rings. The average molecular weight is 348 g/mol. The summed E-state index contributed by atoms with van der Waals surface area (Å²) in [6.07, 6.45) is 2.80. The van der Waals surface area contributed by atoms with E-state index in [1.54, 1.807) is 0 Å². The number of pyridine rings is 1. The van der Waals surface area contributed by atoms with Crippen LogP contribution in [0.3, 0.4) is 0 Å². The summed E-state index contributed by atoms with van der Waals surface area (Å²) < 4.78 is 2.01. The van der Waals surface area contributed by atoms with E-state index in [0.717, 1.165) is 61.4 Å². The molecule has 5 heteroatoms. The van der Waals surface area contributed by atoms with Gasteiger partial charge in [-0.2, -0.15) is 0 Å². The molecule has 4 rings (SSSR count). The SMILES string of the molecule is Cn1c(C(=O)N2CCN(CCc3ccccn3)CC2)cc2ccccc21. The van der Waals surface area contributed by atoms with E-state index in [-0.39, 0.29) is 5.91 Å². The lowest BCUT2D eigenvalue weighted by molar-refractivity contribution is 0.0629. The maximum absolute atomic E-state index is 13.0. The molecule has 0 N–H and O–H groups in total. The summed E-state index contributed by atoms with van der Waals surface area (Å²) in [5.41, 5.74) is 3.00. The average Bonchev–Trinajstić information content (AvgIpc) is 3.04. The molecular weight excluding hydrogens is 324 g/mol. The van der Waals surface area contributed by atoms with Crippen molar-refractivity contribution in [3.05, 3.63) is 66.1 Å². The van der Waals surface area contributed by atoms with Crippen LogP contribution in [0.15, 0.2) is 54.7 Å². The van der Waals surface area contributed by atoms with E-state index >= 15 is 0 Å². The molecule has 0 atom stereocenters. The minimum Gasteiger partial charge on any atom is -0.340 e. The molecular formula is C21H24N4O. The van der Waals surface area contributed by atoms with E-state index in [4.69, 9.17) is 0 Å². The van der Waals surface area contributed by atoms with Crippen LogP contribution in [0.4, 0.5) is 0 Å². The van der Waals surface area contributed by atoms with E-state index in [2.05, 4.69) is 28.1 Å². The zero-order valence-electron chi connectivity index (χ0n) is 15.1. The van der Waals surface area contributed by atoms with Crippen molar-refractivity contribution >= 4 is 16.8 Å². The molecule has 3 heterocycles. The lowest BCUT2D eigenvalue weighted by atomic mass is 10.2. The van der Waals surface area contributed by atoms with Crippen molar-refractivity contribution in [2.45, 2.75) is 6.42 Å². The zero-order valence-corrected chi connectivity index (χ0v) is 15.1. The van der Waals surface area contributed by atoms with Crippen LogP contribution in [-0.4, -0.2) is 58.0 Å². The number of aryl methyl sites for hydroxylation is 1. The summed E-state index contributed by atoms with van der Waals surface area (Å²) in [5.74, 6) is 0.132. The van der Waals surface area contributed by atoms with Gasteiger partial charge in [0.15, 0.2) is 0 Å². The summed E-state index contributed by atoms with van der Waals surface area (Å²) in [4.78, 5) is 21.7. The number of aromatic nitrogens is 2. The Morgan fingerprint density at radius 3 is 2.54 bits per heavy atom. The molecule has 3 aromatic rings. The lowest BCUT2D eigenvalue weighted by Gasteiger charge is -2.34. The maximum Gasteiger partial charge on any atom is 0.270 e. The smallest absolute Gasteiger partial charge is 0.270 e. The number of amides is 1. The minimum atomic E-state index is 0.132. The van der Waals surface area contributed by atoms with E-state index in [1.807, 2.05) is 53.0 Å². The normalized spacial score (nSPS) is 15.5. The van der Waals surface area contributed by atoms with Crippen LogP contribution in [0.1, 0.15) is 16.2 Å². The van der Waals surface area contributed by atoms with Crippen molar-refractivity contribution in [2.75, 3.05) is 32.7 Å². The summed E-state index contributed by atoms with van der Waals surface area (Å²) in [6.45, 7) is 4.39. The summed E-state index contributed by atoms with van der Waals surface area (Å²) in [6, 6.07) is 16.2. The molecule has 1 aliphatic heterocycles. The maximum atomic E-state index is 13.0. The van der Waals surface area contributed by atoms with E-state index in [0.29, 0.717) is 0 Å². The number of carbonyl (C=O) groups is 1. The number of carbonyl (C=O) groups excluding carboxylic acids is 1. The molecule has 0 radical (unpaired) electrons. The molecule has 0 saturated carbocycles. The number of nitrogens with zero attached hydrogens (tertiary/aromatic N) is 4. The summed E-state index contributed by atoms with van der Waals surface area (Å²) in [7, 11) is 1.97. The van der Waals surface area contributed by atoms with Gasteiger partial charge in [-0.15, -0.1) is 0 Å². The van der Waals surface area contributed by atoms with Gasteiger partial charge < -0.3 is 9.47 Å². The molecule has 1 saturated heterocycles. The fourth-order valence-electron chi connectivity index (χ4n) is 3.65. The van der Waals surface area contributed by atoms with Crippen LogP contribution < -0.4 is 0 Å². The predicted octanol–water partition coefficient (Wildman–Crippen LogP) is 2.57. The number of para-hydroxylation sites is 1. The molecule has 0 bridgehead atoms. The number of fused-ring (bicyclic) bond motifs is 1. The molecule has 0 unspecified atom stereocenters. The van der Waals surface area contributed by atoms with Crippen LogP contribution in [0, 0.1) is 0 Å². The van der Waals surface area contributed by atoms with Crippen molar-refractivity contribution in [3.8, 4) is 0 Å². The topological polar surface area (TPSA) is 41.4 Å². The number of hydrogen-bond acceptors (Lipinski definition) is 3. The third-order valence-electron chi connectivity index (χ3n) is 5.24. The zero-order chi connectivity index (χ0) is 17.9. The highest BCUT2D eigenvalue weighted by Crippen LogP contribution is 2.20. The Morgan fingerprint density at radius 1 is 1.04 bits per heavy atom. The summed E-state index contributed by atoms with van der Waals surface area (Å²) >= 11 is 0. The van der Waals surface area contributed by atoms with Crippen molar-refractivity contribution < 1.29 is 4.79 Å². The highest BCUT2D eigenvalue weighted by atomic mass is 16.2. The van der Waals surface area contributed by atoms with Gasteiger partial charge >= 0.3 is 0 Å². The van der Waals surface area contributed by atoms with Gasteiger partial charge in [0.25, 0.3) is 5.91 Å². The Kier molecular flexibility index (Phi) is 4.71. The Balaban J connectivity index is 1.36. The standard InChI is InChI=1S/C21H24N4O/c1-23-19-8-3-2-6-17(19)16-20(23)21(26)25-14-12-24(13-15-25)11-9-18-7-4-5-10-22-18/h2-8,10,16H,9,11-15H2,1H3. The van der Waals surface area contributed by atoms with Gasteiger partial charge in [-0.3, -0.25) is 14.7 Å². The Morgan fingerprint density at radius 2 is 1.81 bits per heavy atom. The van der Waals surface area contributed by atoms with Crippen molar-refractivity contribution in [3.63, 3.8) is 0 Å². The Bertz CT molecular complexity index is 895. The van der Waals surface area contributed by atoms with Crippen LogP contribution in [0.5, 0.6) is 0 Å². The van der Waals surface area contributed by atoms with Gasteiger partial charge in [-0.25, -0.2) is 0 Å². The van der Waals surface area contributed by atoms with E-state index in [1.165, 1.54) is 0 Å². The third kappa shape index (κ3) is 3.35. The van der Waals surface area contributed by atoms with Gasteiger partial charge in [-0.1, -0.05) is 24.3 Å². The second-order valence-electron chi connectivity index (χ2n) is 6.85. The predicted molar refractivity (Wildman–Crippen MR) is 103 cm³/mol.